The van der Waals surface area contributed by atoms with Crippen LogP contribution in [0.5, 0.6) is 0 Å². The quantitative estimate of drug-likeness (QED) is 0.847. The molecule has 0 fully saturated rings. The molecule has 2 rings (SSSR count). The summed E-state index contributed by atoms with van der Waals surface area (Å²) in [5, 5.41) is 0. The standard InChI is InChI=1S/C15H18N2O2/c1-4-17(13-7-5-6-11(2)8-13)15(18)9-14-12(3)16-10-19-14/h5-8,10H,4,9H2,1-3H3. The van der Waals surface area contributed by atoms with Gasteiger partial charge in [-0.3, -0.25) is 4.79 Å². The van der Waals surface area contributed by atoms with Gasteiger partial charge < -0.3 is 9.32 Å². The number of oxazole rings is 1. The van der Waals surface area contributed by atoms with Crippen LogP contribution in [0.1, 0.15) is 23.9 Å². The summed E-state index contributed by atoms with van der Waals surface area (Å²) in [4.78, 5) is 18.1. The van der Waals surface area contributed by atoms with Crippen molar-refractivity contribution in [1.82, 2.24) is 4.98 Å². The highest BCUT2D eigenvalue weighted by molar-refractivity contribution is 5.94. The number of aromatic nitrogens is 1. The number of carbonyl (C=O) groups is 1. The van der Waals surface area contributed by atoms with Crippen molar-refractivity contribution >= 4 is 11.6 Å². The molecule has 0 aliphatic heterocycles. The highest BCUT2D eigenvalue weighted by Gasteiger charge is 2.17. The molecule has 0 saturated heterocycles. The number of hydrogen-bond donors (Lipinski definition) is 0. The molecule has 0 aliphatic rings. The SMILES string of the molecule is CCN(C(=O)Cc1ocnc1C)c1cccc(C)c1. The molecule has 0 unspecified atom stereocenters. The number of benzene rings is 1. The number of amides is 1. The van der Waals surface area contributed by atoms with Crippen molar-refractivity contribution in [3.05, 3.63) is 47.7 Å². The van der Waals surface area contributed by atoms with Gasteiger partial charge in [0.2, 0.25) is 5.91 Å². The number of rotatable bonds is 4. The van der Waals surface area contributed by atoms with Gasteiger partial charge in [0, 0.05) is 12.2 Å². The lowest BCUT2D eigenvalue weighted by Crippen LogP contribution is -2.32. The highest BCUT2D eigenvalue weighted by Crippen LogP contribution is 2.17. The van der Waals surface area contributed by atoms with Crippen LogP contribution < -0.4 is 4.90 Å². The summed E-state index contributed by atoms with van der Waals surface area (Å²) >= 11 is 0. The number of hydrogen-bond acceptors (Lipinski definition) is 3. The van der Waals surface area contributed by atoms with Crippen LogP contribution in [0, 0.1) is 13.8 Å². The Morgan fingerprint density at radius 2 is 2.16 bits per heavy atom. The highest BCUT2D eigenvalue weighted by atomic mass is 16.3. The van der Waals surface area contributed by atoms with Crippen molar-refractivity contribution in [1.29, 1.82) is 0 Å². The monoisotopic (exact) mass is 258 g/mol. The minimum absolute atomic E-state index is 0.0213. The van der Waals surface area contributed by atoms with Gasteiger partial charge in [0.15, 0.2) is 6.39 Å². The third-order valence-electron chi connectivity index (χ3n) is 3.09. The minimum Gasteiger partial charge on any atom is -0.448 e. The van der Waals surface area contributed by atoms with E-state index in [9.17, 15) is 4.79 Å². The van der Waals surface area contributed by atoms with Gasteiger partial charge in [-0.25, -0.2) is 4.98 Å². The Labute approximate surface area is 113 Å². The fourth-order valence-corrected chi connectivity index (χ4v) is 2.03. The smallest absolute Gasteiger partial charge is 0.234 e. The van der Waals surface area contributed by atoms with E-state index >= 15 is 0 Å². The zero-order valence-electron chi connectivity index (χ0n) is 11.5. The lowest BCUT2D eigenvalue weighted by molar-refractivity contribution is -0.118. The third kappa shape index (κ3) is 3.02. The first-order valence-corrected chi connectivity index (χ1v) is 6.37. The molecule has 0 saturated carbocycles. The Kier molecular flexibility index (Phi) is 4.00. The molecule has 4 heteroatoms. The van der Waals surface area contributed by atoms with Gasteiger partial charge >= 0.3 is 0 Å². The van der Waals surface area contributed by atoms with Gasteiger partial charge in [0.05, 0.1) is 12.1 Å². The number of anilines is 1. The van der Waals surface area contributed by atoms with E-state index in [1.54, 1.807) is 4.90 Å². The number of nitrogens with zero attached hydrogens (tertiary/aromatic N) is 2. The molecule has 1 aromatic heterocycles. The number of likely N-dealkylation sites (N-methyl/N-ethyl adjacent to an activating group) is 1. The van der Waals surface area contributed by atoms with Crippen LogP contribution in [0.2, 0.25) is 0 Å². The fourth-order valence-electron chi connectivity index (χ4n) is 2.03. The molecule has 100 valence electrons. The summed E-state index contributed by atoms with van der Waals surface area (Å²) in [6.45, 7) is 6.46. The van der Waals surface area contributed by atoms with Crippen LogP contribution in [-0.2, 0) is 11.2 Å². The largest absolute Gasteiger partial charge is 0.448 e. The molecule has 0 spiro atoms. The van der Waals surface area contributed by atoms with Crippen molar-refractivity contribution in [2.45, 2.75) is 27.2 Å². The van der Waals surface area contributed by atoms with E-state index < -0.39 is 0 Å². The molecule has 1 amide bonds. The molecule has 0 bridgehead atoms. The molecular formula is C15H18N2O2. The van der Waals surface area contributed by atoms with Crippen molar-refractivity contribution in [3.8, 4) is 0 Å². The van der Waals surface area contributed by atoms with Crippen molar-refractivity contribution in [2.24, 2.45) is 0 Å². The first-order chi connectivity index (χ1) is 9.11. The van der Waals surface area contributed by atoms with E-state index in [1.165, 1.54) is 6.39 Å². The number of aryl methyl sites for hydroxylation is 2. The van der Waals surface area contributed by atoms with E-state index in [0.29, 0.717) is 12.3 Å². The second kappa shape index (κ2) is 5.69. The van der Waals surface area contributed by atoms with Crippen LogP contribution in [-0.4, -0.2) is 17.4 Å². The minimum atomic E-state index is 0.0213. The molecule has 1 heterocycles. The molecule has 19 heavy (non-hydrogen) atoms. The van der Waals surface area contributed by atoms with Crippen LogP contribution in [0.15, 0.2) is 35.1 Å². The Bertz CT molecular complexity index is 575. The zero-order valence-corrected chi connectivity index (χ0v) is 11.5. The first-order valence-electron chi connectivity index (χ1n) is 6.37. The van der Waals surface area contributed by atoms with E-state index in [0.717, 1.165) is 16.9 Å². The van der Waals surface area contributed by atoms with Crippen molar-refractivity contribution in [2.75, 3.05) is 11.4 Å². The molecular weight excluding hydrogens is 240 g/mol. The lowest BCUT2D eigenvalue weighted by Gasteiger charge is -2.21. The van der Waals surface area contributed by atoms with Crippen LogP contribution >= 0.6 is 0 Å². The van der Waals surface area contributed by atoms with Gasteiger partial charge in [0.1, 0.15) is 5.76 Å². The van der Waals surface area contributed by atoms with E-state index in [1.807, 2.05) is 45.0 Å². The molecule has 0 radical (unpaired) electrons. The normalized spacial score (nSPS) is 10.5. The van der Waals surface area contributed by atoms with E-state index in [-0.39, 0.29) is 12.3 Å². The third-order valence-corrected chi connectivity index (χ3v) is 3.09. The lowest BCUT2D eigenvalue weighted by atomic mass is 10.2. The van der Waals surface area contributed by atoms with Crippen molar-refractivity contribution < 1.29 is 9.21 Å². The van der Waals surface area contributed by atoms with Gasteiger partial charge in [-0.1, -0.05) is 12.1 Å². The maximum absolute atomic E-state index is 12.3. The zero-order chi connectivity index (χ0) is 13.8. The fraction of sp³-hybridized carbons (Fsp3) is 0.333. The van der Waals surface area contributed by atoms with E-state index in [2.05, 4.69) is 4.98 Å². The summed E-state index contributed by atoms with van der Waals surface area (Å²) in [7, 11) is 0. The average molecular weight is 258 g/mol. The summed E-state index contributed by atoms with van der Waals surface area (Å²) < 4.78 is 5.23. The maximum atomic E-state index is 12.3. The predicted octanol–water partition coefficient (Wildman–Crippen LogP) is 2.89. The Morgan fingerprint density at radius 3 is 2.74 bits per heavy atom. The van der Waals surface area contributed by atoms with Gasteiger partial charge in [-0.2, -0.15) is 0 Å². The van der Waals surface area contributed by atoms with Crippen molar-refractivity contribution in [3.63, 3.8) is 0 Å². The molecule has 0 N–H and O–H groups in total. The van der Waals surface area contributed by atoms with Gasteiger partial charge in [0.25, 0.3) is 0 Å². The average Bonchev–Trinajstić information content (AvgIpc) is 2.76. The summed E-state index contributed by atoms with van der Waals surface area (Å²) in [5.74, 6) is 0.657. The Balaban J connectivity index is 2.18. The second-order valence-corrected chi connectivity index (χ2v) is 4.51. The molecule has 0 aliphatic carbocycles. The summed E-state index contributed by atoms with van der Waals surface area (Å²) in [6.07, 6.45) is 1.62. The second-order valence-electron chi connectivity index (χ2n) is 4.51. The Morgan fingerprint density at radius 1 is 1.37 bits per heavy atom. The van der Waals surface area contributed by atoms with E-state index in [4.69, 9.17) is 4.42 Å². The molecule has 2 aromatic rings. The summed E-state index contributed by atoms with van der Waals surface area (Å²) in [6, 6.07) is 7.93. The first kappa shape index (κ1) is 13.3. The summed E-state index contributed by atoms with van der Waals surface area (Å²) in [5.41, 5.74) is 2.83. The number of carbonyl (C=O) groups excluding carboxylic acids is 1. The topological polar surface area (TPSA) is 46.3 Å². The van der Waals surface area contributed by atoms with Crippen LogP contribution in [0.3, 0.4) is 0 Å². The maximum Gasteiger partial charge on any atom is 0.234 e. The van der Waals surface area contributed by atoms with Crippen LogP contribution in [0.4, 0.5) is 5.69 Å². The molecule has 0 atom stereocenters. The molecule has 4 nitrogen and oxygen atoms in total. The Hall–Kier alpha value is -2.10. The predicted molar refractivity (Wildman–Crippen MR) is 74.2 cm³/mol. The van der Waals surface area contributed by atoms with Gasteiger partial charge in [-0.15, -0.1) is 0 Å². The van der Waals surface area contributed by atoms with Crippen LogP contribution in [0.25, 0.3) is 0 Å². The molecule has 1 aromatic carbocycles. The van der Waals surface area contributed by atoms with Gasteiger partial charge in [-0.05, 0) is 38.5 Å².